The average molecular weight is 393 g/mol. The first-order valence-electron chi connectivity index (χ1n) is 9.64. The average Bonchev–Trinajstić information content (AvgIpc) is 3.41. The molecule has 1 heterocycles. The molecule has 2 amide bonds. The highest BCUT2D eigenvalue weighted by molar-refractivity contribution is 5.74. The van der Waals surface area contributed by atoms with Gasteiger partial charge in [-0.2, -0.15) is 0 Å². The van der Waals surface area contributed by atoms with Crippen molar-refractivity contribution in [2.24, 2.45) is 5.41 Å². The second kappa shape index (κ2) is 8.87. The monoisotopic (exact) mass is 393 g/mol. The Morgan fingerprint density at radius 2 is 2.07 bits per heavy atom. The quantitative estimate of drug-likeness (QED) is 0.701. The van der Waals surface area contributed by atoms with Gasteiger partial charge >= 0.3 is 12.0 Å². The van der Waals surface area contributed by atoms with E-state index in [9.17, 15) is 14.0 Å². The third-order valence-electron chi connectivity index (χ3n) is 5.41. The number of urea groups is 1. The van der Waals surface area contributed by atoms with Crippen LogP contribution in [0.15, 0.2) is 24.3 Å². The van der Waals surface area contributed by atoms with Crippen molar-refractivity contribution in [3.63, 3.8) is 0 Å². The molecule has 3 rings (SSSR count). The summed E-state index contributed by atoms with van der Waals surface area (Å²) < 4.78 is 18.7. The number of likely N-dealkylation sites (N-methyl/N-ethyl adjacent to an activating group) is 1. The van der Waals surface area contributed by atoms with Crippen molar-refractivity contribution in [2.45, 2.75) is 25.4 Å². The van der Waals surface area contributed by atoms with Crippen LogP contribution in [0, 0.1) is 11.2 Å². The van der Waals surface area contributed by atoms with E-state index in [2.05, 4.69) is 5.32 Å². The third kappa shape index (κ3) is 5.90. The standard InChI is InChI=1S/C20H28FN3O4/c1-23(13-18(25)26)11-17-12-24(8-9-28-17)19(27)22-14-20(6-7-20)10-15-2-4-16(21)5-3-15/h2-5,17H,6-14H2,1H3,(H,22,27)(H,25,26). The van der Waals surface area contributed by atoms with E-state index < -0.39 is 5.97 Å². The minimum Gasteiger partial charge on any atom is -0.480 e. The van der Waals surface area contributed by atoms with Gasteiger partial charge in [0.2, 0.25) is 0 Å². The Kier molecular flexibility index (Phi) is 6.51. The van der Waals surface area contributed by atoms with Crippen molar-refractivity contribution in [1.29, 1.82) is 0 Å². The number of hydrogen-bond donors (Lipinski definition) is 2. The van der Waals surface area contributed by atoms with Gasteiger partial charge in [0.15, 0.2) is 0 Å². The minimum atomic E-state index is -0.885. The van der Waals surface area contributed by atoms with Crippen LogP contribution in [0.3, 0.4) is 0 Å². The van der Waals surface area contributed by atoms with E-state index >= 15 is 0 Å². The summed E-state index contributed by atoms with van der Waals surface area (Å²) in [5.74, 6) is -1.12. The topological polar surface area (TPSA) is 82.1 Å². The molecule has 1 unspecified atom stereocenters. The van der Waals surface area contributed by atoms with Crippen LogP contribution in [0.2, 0.25) is 0 Å². The van der Waals surface area contributed by atoms with Gasteiger partial charge in [0.25, 0.3) is 0 Å². The van der Waals surface area contributed by atoms with E-state index in [1.165, 1.54) is 12.1 Å². The Morgan fingerprint density at radius 3 is 2.71 bits per heavy atom. The molecule has 8 heteroatoms. The molecule has 0 bridgehead atoms. The van der Waals surface area contributed by atoms with E-state index in [4.69, 9.17) is 9.84 Å². The maximum atomic E-state index is 13.1. The van der Waals surface area contributed by atoms with Crippen LogP contribution in [-0.2, 0) is 16.0 Å². The molecule has 1 saturated carbocycles. The number of carbonyl (C=O) groups is 2. The van der Waals surface area contributed by atoms with E-state index in [0.717, 1.165) is 24.8 Å². The second-order valence-electron chi connectivity index (χ2n) is 7.99. The van der Waals surface area contributed by atoms with Crippen LogP contribution in [0.1, 0.15) is 18.4 Å². The number of benzene rings is 1. The molecule has 1 saturated heterocycles. The fraction of sp³-hybridized carbons (Fsp3) is 0.600. The lowest BCUT2D eigenvalue weighted by molar-refractivity contribution is -0.138. The van der Waals surface area contributed by atoms with Crippen LogP contribution >= 0.6 is 0 Å². The summed E-state index contributed by atoms with van der Waals surface area (Å²) in [6, 6.07) is 6.44. The van der Waals surface area contributed by atoms with Crippen molar-refractivity contribution in [2.75, 3.05) is 46.4 Å². The molecule has 154 valence electrons. The fourth-order valence-corrected chi connectivity index (χ4v) is 3.66. The molecule has 1 aromatic rings. The normalized spacial score (nSPS) is 20.8. The zero-order valence-corrected chi connectivity index (χ0v) is 16.2. The molecule has 1 aliphatic carbocycles. The fourth-order valence-electron chi connectivity index (χ4n) is 3.66. The van der Waals surface area contributed by atoms with Crippen molar-refractivity contribution >= 4 is 12.0 Å². The number of amides is 2. The highest BCUT2D eigenvalue weighted by Gasteiger charge is 2.43. The summed E-state index contributed by atoms with van der Waals surface area (Å²) in [6.07, 6.45) is 2.74. The van der Waals surface area contributed by atoms with Crippen molar-refractivity contribution < 1.29 is 23.8 Å². The highest BCUT2D eigenvalue weighted by atomic mass is 19.1. The molecule has 0 radical (unpaired) electrons. The Hall–Kier alpha value is -2.19. The molecular weight excluding hydrogens is 365 g/mol. The summed E-state index contributed by atoms with van der Waals surface area (Å²) in [6.45, 7) is 2.42. The molecule has 2 fully saturated rings. The Labute approximate surface area is 164 Å². The number of ether oxygens (including phenoxy) is 1. The number of carboxylic acids is 1. The molecule has 7 nitrogen and oxygen atoms in total. The number of nitrogens with one attached hydrogen (secondary N) is 1. The Bertz CT molecular complexity index is 693. The number of carbonyl (C=O) groups excluding carboxylic acids is 1. The summed E-state index contributed by atoms with van der Waals surface area (Å²) in [4.78, 5) is 26.8. The molecule has 0 aromatic heterocycles. The number of hydrogen-bond acceptors (Lipinski definition) is 4. The first kappa shape index (κ1) is 20.5. The largest absolute Gasteiger partial charge is 0.480 e. The highest BCUT2D eigenvalue weighted by Crippen LogP contribution is 2.47. The minimum absolute atomic E-state index is 0.0576. The summed E-state index contributed by atoms with van der Waals surface area (Å²) >= 11 is 0. The number of morpholine rings is 1. The lowest BCUT2D eigenvalue weighted by Crippen LogP contribution is -2.53. The van der Waals surface area contributed by atoms with Crippen LogP contribution in [-0.4, -0.2) is 79.4 Å². The predicted molar refractivity (Wildman–Crippen MR) is 102 cm³/mol. The Balaban J connectivity index is 1.45. The molecule has 0 spiro atoms. The van der Waals surface area contributed by atoms with Gasteiger partial charge in [0, 0.05) is 26.2 Å². The molecule has 28 heavy (non-hydrogen) atoms. The second-order valence-corrected chi connectivity index (χ2v) is 7.99. The van der Waals surface area contributed by atoms with Crippen LogP contribution < -0.4 is 5.32 Å². The third-order valence-corrected chi connectivity index (χ3v) is 5.41. The van der Waals surface area contributed by atoms with Crippen molar-refractivity contribution in [3.8, 4) is 0 Å². The van der Waals surface area contributed by atoms with Gasteiger partial charge in [-0.05, 0) is 49.4 Å². The number of nitrogens with zero attached hydrogens (tertiary/aromatic N) is 2. The van der Waals surface area contributed by atoms with Crippen LogP contribution in [0.5, 0.6) is 0 Å². The zero-order chi connectivity index (χ0) is 20.1. The van der Waals surface area contributed by atoms with Crippen molar-refractivity contribution in [3.05, 3.63) is 35.6 Å². The Morgan fingerprint density at radius 1 is 1.36 bits per heavy atom. The lowest BCUT2D eigenvalue weighted by atomic mass is 9.96. The van der Waals surface area contributed by atoms with Crippen molar-refractivity contribution in [1.82, 2.24) is 15.1 Å². The molecule has 1 aromatic carbocycles. The summed E-state index contributed by atoms with van der Waals surface area (Å²) in [5.41, 5.74) is 1.15. The van der Waals surface area contributed by atoms with Gasteiger partial charge in [-0.3, -0.25) is 9.69 Å². The lowest BCUT2D eigenvalue weighted by Gasteiger charge is -2.35. The van der Waals surface area contributed by atoms with Gasteiger partial charge in [-0.1, -0.05) is 12.1 Å². The summed E-state index contributed by atoms with van der Waals surface area (Å²) in [5, 5.41) is 11.9. The van der Waals surface area contributed by atoms with Crippen LogP contribution in [0.4, 0.5) is 9.18 Å². The molecule has 2 aliphatic rings. The number of aliphatic carboxylic acids is 1. The van der Waals surface area contributed by atoms with E-state index in [1.54, 1.807) is 29.0 Å². The van der Waals surface area contributed by atoms with Gasteiger partial charge < -0.3 is 20.1 Å². The number of rotatable bonds is 8. The predicted octanol–water partition coefficient (Wildman–Crippen LogP) is 1.58. The van der Waals surface area contributed by atoms with E-state index in [1.807, 2.05) is 0 Å². The van der Waals surface area contributed by atoms with Crippen LogP contribution in [0.25, 0.3) is 0 Å². The maximum absolute atomic E-state index is 13.1. The smallest absolute Gasteiger partial charge is 0.317 e. The first-order valence-corrected chi connectivity index (χ1v) is 9.64. The van der Waals surface area contributed by atoms with Gasteiger partial charge in [-0.25, -0.2) is 9.18 Å². The number of carboxylic acid groups (broad SMARTS) is 1. The van der Waals surface area contributed by atoms with Gasteiger partial charge in [0.1, 0.15) is 5.82 Å². The van der Waals surface area contributed by atoms with Gasteiger partial charge in [0.05, 0.1) is 19.3 Å². The van der Waals surface area contributed by atoms with E-state index in [0.29, 0.717) is 32.8 Å². The molecule has 1 atom stereocenters. The molecule has 1 aliphatic heterocycles. The zero-order valence-electron chi connectivity index (χ0n) is 16.2. The van der Waals surface area contributed by atoms with Gasteiger partial charge in [-0.15, -0.1) is 0 Å². The van der Waals surface area contributed by atoms with E-state index in [-0.39, 0.29) is 29.9 Å². The molecular formula is C20H28FN3O4. The first-order chi connectivity index (χ1) is 13.3. The maximum Gasteiger partial charge on any atom is 0.317 e. The SMILES string of the molecule is CN(CC(=O)O)CC1CN(C(=O)NCC2(Cc3ccc(F)cc3)CC2)CCO1. The number of halogens is 1. The summed E-state index contributed by atoms with van der Waals surface area (Å²) in [7, 11) is 1.72. The molecule has 2 N–H and O–H groups in total.